The fourth-order valence-corrected chi connectivity index (χ4v) is 3.74. The molecular weight excluding hydrogens is 290 g/mol. The van der Waals surface area contributed by atoms with Gasteiger partial charge in [0.15, 0.2) is 0 Å². The topological polar surface area (TPSA) is 85.0 Å². The Morgan fingerprint density at radius 2 is 2.04 bits per heavy atom. The van der Waals surface area contributed by atoms with Crippen molar-refractivity contribution in [2.24, 2.45) is 5.92 Å². The highest BCUT2D eigenvalue weighted by molar-refractivity contribution is 6.09. The van der Waals surface area contributed by atoms with E-state index in [1.54, 1.807) is 0 Å². The molecule has 1 spiro atoms. The van der Waals surface area contributed by atoms with Crippen molar-refractivity contribution in [3.63, 3.8) is 0 Å². The maximum atomic E-state index is 13.0. The third-order valence-electron chi connectivity index (χ3n) is 4.95. The van der Waals surface area contributed by atoms with E-state index in [9.17, 15) is 14.9 Å². The summed E-state index contributed by atoms with van der Waals surface area (Å²) in [7, 11) is 0. The number of amides is 2. The van der Waals surface area contributed by atoms with Gasteiger partial charge in [-0.1, -0.05) is 24.3 Å². The third kappa shape index (κ3) is 2.39. The lowest BCUT2D eigenvalue weighted by atomic mass is 9.80. The van der Waals surface area contributed by atoms with Gasteiger partial charge in [0.05, 0.1) is 23.5 Å². The zero-order chi connectivity index (χ0) is 16.4. The molecule has 1 aromatic carbocycles. The first-order valence-corrected chi connectivity index (χ1v) is 7.82. The van der Waals surface area contributed by atoms with Crippen LogP contribution < -0.4 is 0 Å². The number of hydrogen-bond donors (Lipinski definition) is 0. The lowest BCUT2D eigenvalue weighted by Crippen LogP contribution is -2.39. The molecule has 0 saturated carbocycles. The normalized spacial score (nSPS) is 23.7. The number of nitrogens with zero attached hydrogens (tertiary/aromatic N) is 3. The van der Waals surface area contributed by atoms with Crippen LogP contribution in [0.25, 0.3) is 0 Å². The maximum Gasteiger partial charge on any atom is 0.240 e. The number of imide groups is 1. The minimum Gasteiger partial charge on any atom is -0.280 e. The molecule has 5 nitrogen and oxygen atoms in total. The van der Waals surface area contributed by atoms with Gasteiger partial charge >= 0.3 is 0 Å². The fourth-order valence-electron chi connectivity index (χ4n) is 3.74. The molecule has 1 aliphatic heterocycles. The quantitative estimate of drug-likeness (QED) is 0.797. The first kappa shape index (κ1) is 15.2. The molecule has 0 unspecified atom stereocenters. The minimum absolute atomic E-state index is 0.0970. The van der Waals surface area contributed by atoms with E-state index < -0.39 is 11.3 Å². The second-order valence-electron chi connectivity index (χ2n) is 6.25. The summed E-state index contributed by atoms with van der Waals surface area (Å²) in [5.41, 5.74) is 1.37. The van der Waals surface area contributed by atoms with Crippen LogP contribution in [-0.4, -0.2) is 23.3 Å². The number of fused-ring (bicyclic) bond motifs is 2. The number of benzene rings is 1. The standard InChI is InChI=1S/C18H17N3O2/c19-9-3-4-13(11-20)12-21-16(22)10-18(17(21)23)8-7-14-5-1-2-6-15(14)18/h1-2,5-6,13H,3-4,7-8,10,12H2/t13-,18-/m0/s1. The lowest BCUT2D eigenvalue weighted by Gasteiger charge is -2.23. The van der Waals surface area contributed by atoms with Crippen LogP contribution in [0.4, 0.5) is 0 Å². The average Bonchev–Trinajstić information content (AvgIpc) is 3.05. The van der Waals surface area contributed by atoms with Crippen LogP contribution in [-0.2, 0) is 21.4 Å². The highest BCUT2D eigenvalue weighted by Crippen LogP contribution is 2.46. The molecule has 1 saturated heterocycles. The van der Waals surface area contributed by atoms with Crippen molar-refractivity contribution in [3.05, 3.63) is 35.4 Å². The second kappa shape index (κ2) is 5.85. The molecule has 3 rings (SSSR count). The molecule has 116 valence electrons. The summed E-state index contributed by atoms with van der Waals surface area (Å²) in [6.07, 6.45) is 2.29. The van der Waals surface area contributed by atoms with Crippen molar-refractivity contribution in [3.8, 4) is 12.1 Å². The summed E-state index contributed by atoms with van der Waals surface area (Å²) in [5, 5.41) is 17.8. The van der Waals surface area contributed by atoms with Crippen molar-refractivity contribution >= 4 is 11.8 Å². The smallest absolute Gasteiger partial charge is 0.240 e. The summed E-state index contributed by atoms with van der Waals surface area (Å²) in [5.74, 6) is -0.858. The minimum atomic E-state index is -0.733. The highest BCUT2D eigenvalue weighted by Gasteiger charge is 2.55. The zero-order valence-electron chi connectivity index (χ0n) is 12.8. The number of carbonyl (C=O) groups excluding carboxylic acids is 2. The molecule has 0 aromatic heterocycles. The number of hydrogen-bond acceptors (Lipinski definition) is 4. The monoisotopic (exact) mass is 307 g/mol. The molecule has 1 heterocycles. The maximum absolute atomic E-state index is 13.0. The predicted molar refractivity (Wildman–Crippen MR) is 81.7 cm³/mol. The van der Waals surface area contributed by atoms with E-state index in [-0.39, 0.29) is 31.2 Å². The first-order valence-electron chi connectivity index (χ1n) is 7.82. The molecule has 1 aliphatic carbocycles. The SMILES string of the molecule is N#CCC[C@@H](C#N)CN1C(=O)C[C@]2(CCc3ccccc32)C1=O. The Hall–Kier alpha value is -2.66. The Bertz CT molecular complexity index is 743. The van der Waals surface area contributed by atoms with Crippen LogP contribution in [0.3, 0.4) is 0 Å². The number of aryl methyl sites for hydroxylation is 1. The van der Waals surface area contributed by atoms with E-state index >= 15 is 0 Å². The zero-order valence-corrected chi connectivity index (χ0v) is 12.8. The molecule has 1 fully saturated rings. The summed E-state index contributed by atoms with van der Waals surface area (Å²) in [4.78, 5) is 26.6. The number of nitriles is 2. The van der Waals surface area contributed by atoms with Gasteiger partial charge in [0.1, 0.15) is 0 Å². The molecule has 2 atom stereocenters. The molecule has 1 aromatic rings. The summed E-state index contributed by atoms with van der Waals surface area (Å²) in [6, 6.07) is 11.9. The third-order valence-corrected chi connectivity index (χ3v) is 4.95. The average molecular weight is 307 g/mol. The number of carbonyl (C=O) groups is 2. The Morgan fingerprint density at radius 3 is 2.78 bits per heavy atom. The van der Waals surface area contributed by atoms with E-state index in [0.717, 1.165) is 17.5 Å². The van der Waals surface area contributed by atoms with Crippen LogP contribution in [0, 0.1) is 28.6 Å². The Balaban J connectivity index is 1.85. The summed E-state index contributed by atoms with van der Waals surface area (Å²) in [6.45, 7) is 0.0970. The number of rotatable bonds is 4. The van der Waals surface area contributed by atoms with Crippen LogP contribution in [0.1, 0.15) is 36.8 Å². The van der Waals surface area contributed by atoms with Crippen molar-refractivity contribution in [2.75, 3.05) is 6.54 Å². The van der Waals surface area contributed by atoms with E-state index in [1.807, 2.05) is 30.3 Å². The van der Waals surface area contributed by atoms with Gasteiger partial charge in [0, 0.05) is 19.4 Å². The van der Waals surface area contributed by atoms with E-state index in [4.69, 9.17) is 5.26 Å². The van der Waals surface area contributed by atoms with Crippen LogP contribution in [0.5, 0.6) is 0 Å². The van der Waals surface area contributed by atoms with Gasteiger partial charge in [0.25, 0.3) is 0 Å². The van der Waals surface area contributed by atoms with E-state index in [2.05, 4.69) is 6.07 Å². The second-order valence-corrected chi connectivity index (χ2v) is 6.25. The molecule has 5 heteroatoms. The van der Waals surface area contributed by atoms with Gasteiger partial charge in [0.2, 0.25) is 11.8 Å². The fraction of sp³-hybridized carbons (Fsp3) is 0.444. The van der Waals surface area contributed by atoms with E-state index in [0.29, 0.717) is 12.8 Å². The molecule has 23 heavy (non-hydrogen) atoms. The van der Waals surface area contributed by atoms with Gasteiger partial charge in [-0.15, -0.1) is 0 Å². The summed E-state index contributed by atoms with van der Waals surface area (Å²) >= 11 is 0. The van der Waals surface area contributed by atoms with Crippen LogP contribution >= 0.6 is 0 Å². The first-order chi connectivity index (χ1) is 11.1. The molecule has 2 amide bonds. The van der Waals surface area contributed by atoms with Crippen molar-refractivity contribution < 1.29 is 9.59 Å². The Labute approximate surface area is 135 Å². The van der Waals surface area contributed by atoms with Crippen molar-refractivity contribution in [2.45, 2.75) is 37.5 Å². The molecule has 2 aliphatic rings. The van der Waals surface area contributed by atoms with Crippen molar-refractivity contribution in [1.29, 1.82) is 10.5 Å². The van der Waals surface area contributed by atoms with Gasteiger partial charge in [-0.3, -0.25) is 14.5 Å². The largest absolute Gasteiger partial charge is 0.280 e. The van der Waals surface area contributed by atoms with Crippen LogP contribution in [0.15, 0.2) is 24.3 Å². The van der Waals surface area contributed by atoms with Gasteiger partial charge in [-0.2, -0.15) is 10.5 Å². The predicted octanol–water partition coefficient (Wildman–Crippen LogP) is 2.07. The molecule has 0 bridgehead atoms. The van der Waals surface area contributed by atoms with Gasteiger partial charge < -0.3 is 0 Å². The highest BCUT2D eigenvalue weighted by atomic mass is 16.2. The Morgan fingerprint density at radius 1 is 1.26 bits per heavy atom. The molecular formula is C18H17N3O2. The van der Waals surface area contributed by atoms with Gasteiger partial charge in [-0.25, -0.2) is 0 Å². The number of likely N-dealkylation sites (tertiary alicyclic amines) is 1. The van der Waals surface area contributed by atoms with Crippen molar-refractivity contribution in [1.82, 2.24) is 4.90 Å². The molecule has 0 N–H and O–H groups in total. The van der Waals surface area contributed by atoms with E-state index in [1.165, 1.54) is 4.90 Å². The summed E-state index contributed by atoms with van der Waals surface area (Å²) < 4.78 is 0. The Kier molecular flexibility index (Phi) is 3.88. The van der Waals surface area contributed by atoms with Gasteiger partial charge in [-0.05, 0) is 30.4 Å². The molecule has 0 radical (unpaired) electrons. The van der Waals surface area contributed by atoms with Crippen LogP contribution in [0.2, 0.25) is 0 Å². The lowest BCUT2D eigenvalue weighted by molar-refractivity contribution is -0.140.